The second-order valence-corrected chi connectivity index (χ2v) is 4.86. The van der Waals surface area contributed by atoms with Gasteiger partial charge in [-0.25, -0.2) is 0 Å². The van der Waals surface area contributed by atoms with E-state index in [2.05, 4.69) is 15.5 Å². The molecule has 0 bridgehead atoms. The number of rotatable bonds is 5. The van der Waals surface area contributed by atoms with Gasteiger partial charge in [0.05, 0.1) is 30.6 Å². The van der Waals surface area contributed by atoms with E-state index in [0.717, 1.165) is 22.6 Å². The molecule has 0 saturated carbocycles. The number of nitrogens with one attached hydrogen (secondary N) is 2. The number of aryl methyl sites for hydroxylation is 2. The summed E-state index contributed by atoms with van der Waals surface area (Å²) in [5, 5.41) is 11.0. The molecular weight excluding hydrogens is 278 g/mol. The normalized spacial score (nSPS) is 10.4. The van der Waals surface area contributed by atoms with Crippen molar-refractivity contribution in [1.82, 2.24) is 10.2 Å². The molecule has 6 heteroatoms. The van der Waals surface area contributed by atoms with E-state index >= 15 is 0 Å². The van der Waals surface area contributed by atoms with Crippen LogP contribution in [-0.2, 0) is 6.54 Å². The van der Waals surface area contributed by atoms with Gasteiger partial charge in [0, 0.05) is 29.9 Å². The van der Waals surface area contributed by atoms with Gasteiger partial charge in [0.2, 0.25) is 0 Å². The molecule has 0 aliphatic rings. The molecule has 20 heavy (non-hydrogen) atoms. The van der Waals surface area contributed by atoms with E-state index in [4.69, 9.17) is 21.1 Å². The molecule has 0 atom stereocenters. The van der Waals surface area contributed by atoms with E-state index in [1.807, 2.05) is 19.9 Å². The summed E-state index contributed by atoms with van der Waals surface area (Å²) in [7, 11) is 3.18. The Morgan fingerprint density at radius 2 is 1.85 bits per heavy atom. The number of hydrogen-bond acceptors (Lipinski definition) is 4. The Bertz CT molecular complexity index is 591. The predicted molar refractivity (Wildman–Crippen MR) is 79.9 cm³/mol. The maximum atomic E-state index is 6.24. The second-order valence-electron chi connectivity index (χ2n) is 4.45. The van der Waals surface area contributed by atoms with Crippen molar-refractivity contribution < 1.29 is 9.47 Å². The van der Waals surface area contributed by atoms with Crippen LogP contribution in [0.4, 0.5) is 5.69 Å². The van der Waals surface area contributed by atoms with Crippen LogP contribution in [0, 0.1) is 13.8 Å². The maximum absolute atomic E-state index is 6.24. The molecule has 0 fully saturated rings. The van der Waals surface area contributed by atoms with E-state index in [0.29, 0.717) is 23.1 Å². The Labute approximate surface area is 123 Å². The summed E-state index contributed by atoms with van der Waals surface area (Å²) in [5.41, 5.74) is 3.96. The van der Waals surface area contributed by atoms with Gasteiger partial charge in [-0.1, -0.05) is 11.6 Å². The molecule has 108 valence electrons. The third kappa shape index (κ3) is 2.82. The first-order valence-corrected chi connectivity index (χ1v) is 6.60. The Morgan fingerprint density at radius 3 is 2.40 bits per heavy atom. The fraction of sp³-hybridized carbons (Fsp3) is 0.357. The minimum absolute atomic E-state index is 0.585. The van der Waals surface area contributed by atoms with Crippen molar-refractivity contribution in [1.29, 1.82) is 0 Å². The number of hydrogen-bond donors (Lipinski definition) is 2. The van der Waals surface area contributed by atoms with Crippen LogP contribution in [0.25, 0.3) is 0 Å². The molecule has 0 aliphatic heterocycles. The van der Waals surface area contributed by atoms with Crippen LogP contribution in [0.15, 0.2) is 12.1 Å². The fourth-order valence-corrected chi connectivity index (χ4v) is 2.23. The zero-order chi connectivity index (χ0) is 14.7. The first kappa shape index (κ1) is 14.5. The smallest absolute Gasteiger partial charge is 0.162 e. The van der Waals surface area contributed by atoms with Crippen molar-refractivity contribution in [3.05, 3.63) is 34.1 Å². The van der Waals surface area contributed by atoms with Crippen LogP contribution < -0.4 is 14.8 Å². The molecule has 0 radical (unpaired) electrons. The molecule has 0 aliphatic carbocycles. The first-order chi connectivity index (χ1) is 9.56. The third-order valence-corrected chi connectivity index (χ3v) is 3.52. The van der Waals surface area contributed by atoms with E-state index in [-0.39, 0.29) is 0 Å². The lowest BCUT2D eigenvalue weighted by molar-refractivity contribution is 0.355. The topological polar surface area (TPSA) is 59.2 Å². The average Bonchev–Trinajstić information content (AvgIpc) is 2.76. The minimum atomic E-state index is 0.585. The monoisotopic (exact) mass is 295 g/mol. The summed E-state index contributed by atoms with van der Waals surface area (Å²) in [6.07, 6.45) is 0. The summed E-state index contributed by atoms with van der Waals surface area (Å²) >= 11 is 6.24. The molecule has 1 aromatic heterocycles. The molecule has 0 amide bonds. The van der Waals surface area contributed by atoms with Crippen molar-refractivity contribution in [2.45, 2.75) is 20.4 Å². The summed E-state index contributed by atoms with van der Waals surface area (Å²) in [5.74, 6) is 1.25. The molecule has 1 heterocycles. The third-order valence-electron chi connectivity index (χ3n) is 3.21. The van der Waals surface area contributed by atoms with Crippen molar-refractivity contribution in [3.8, 4) is 11.5 Å². The maximum Gasteiger partial charge on any atom is 0.162 e. The van der Waals surface area contributed by atoms with Gasteiger partial charge >= 0.3 is 0 Å². The van der Waals surface area contributed by atoms with E-state index in [1.54, 1.807) is 20.3 Å². The van der Waals surface area contributed by atoms with Crippen LogP contribution in [0.5, 0.6) is 11.5 Å². The average molecular weight is 296 g/mol. The second kappa shape index (κ2) is 6.05. The highest BCUT2D eigenvalue weighted by Gasteiger charge is 2.11. The lowest BCUT2D eigenvalue weighted by atomic mass is 10.2. The fourth-order valence-electron chi connectivity index (χ4n) is 2.01. The molecule has 2 N–H and O–H groups in total. The first-order valence-electron chi connectivity index (χ1n) is 6.22. The summed E-state index contributed by atoms with van der Waals surface area (Å²) in [6.45, 7) is 4.60. The number of ether oxygens (including phenoxy) is 2. The zero-order valence-electron chi connectivity index (χ0n) is 12.0. The van der Waals surface area contributed by atoms with Gasteiger partial charge in [0.1, 0.15) is 0 Å². The van der Waals surface area contributed by atoms with Gasteiger partial charge in [0.15, 0.2) is 11.5 Å². The number of nitrogens with zero attached hydrogens (tertiary/aromatic N) is 1. The van der Waals surface area contributed by atoms with Crippen molar-refractivity contribution in [3.63, 3.8) is 0 Å². The van der Waals surface area contributed by atoms with Crippen LogP contribution >= 0.6 is 11.6 Å². The van der Waals surface area contributed by atoms with Crippen molar-refractivity contribution in [2.75, 3.05) is 19.5 Å². The molecule has 0 unspecified atom stereocenters. The molecule has 0 saturated heterocycles. The van der Waals surface area contributed by atoms with Gasteiger partial charge < -0.3 is 14.8 Å². The number of halogens is 1. The van der Waals surface area contributed by atoms with E-state index < -0.39 is 0 Å². The van der Waals surface area contributed by atoms with Gasteiger partial charge in [-0.15, -0.1) is 0 Å². The van der Waals surface area contributed by atoms with Gasteiger partial charge in [0.25, 0.3) is 0 Å². The molecule has 1 aromatic carbocycles. The predicted octanol–water partition coefficient (Wildman–Crippen LogP) is 3.31. The van der Waals surface area contributed by atoms with Crippen LogP contribution in [0.2, 0.25) is 5.02 Å². The highest BCUT2D eigenvalue weighted by atomic mass is 35.5. The molecule has 2 rings (SSSR count). The zero-order valence-corrected chi connectivity index (χ0v) is 12.8. The Kier molecular flexibility index (Phi) is 4.39. The summed E-state index contributed by atoms with van der Waals surface area (Å²) < 4.78 is 10.5. The number of H-pyrrole nitrogens is 1. The van der Waals surface area contributed by atoms with E-state index in [9.17, 15) is 0 Å². The number of anilines is 1. The summed E-state index contributed by atoms with van der Waals surface area (Å²) in [4.78, 5) is 0. The lowest BCUT2D eigenvalue weighted by Crippen LogP contribution is -2.03. The van der Waals surface area contributed by atoms with Crippen molar-refractivity contribution >= 4 is 17.3 Å². The Hall–Kier alpha value is -1.88. The number of benzene rings is 1. The number of aromatic amines is 1. The minimum Gasteiger partial charge on any atom is -0.493 e. The molecule has 5 nitrogen and oxygen atoms in total. The van der Waals surface area contributed by atoms with Gasteiger partial charge in [-0.05, 0) is 13.8 Å². The van der Waals surface area contributed by atoms with Crippen LogP contribution in [0.1, 0.15) is 17.0 Å². The van der Waals surface area contributed by atoms with Gasteiger partial charge in [-0.3, -0.25) is 5.10 Å². The van der Waals surface area contributed by atoms with Crippen molar-refractivity contribution in [2.24, 2.45) is 0 Å². The SMILES string of the molecule is COc1cc(Cl)c(NCc2c(C)n[nH]c2C)cc1OC. The highest BCUT2D eigenvalue weighted by Crippen LogP contribution is 2.36. The molecule has 2 aromatic rings. The van der Waals surface area contributed by atoms with Gasteiger partial charge in [-0.2, -0.15) is 5.10 Å². The number of methoxy groups -OCH3 is 2. The van der Waals surface area contributed by atoms with Crippen LogP contribution in [0.3, 0.4) is 0 Å². The molecular formula is C14H18ClN3O2. The quantitative estimate of drug-likeness (QED) is 0.888. The highest BCUT2D eigenvalue weighted by molar-refractivity contribution is 6.33. The van der Waals surface area contributed by atoms with E-state index in [1.165, 1.54) is 0 Å². The Balaban J connectivity index is 2.21. The Morgan fingerprint density at radius 1 is 1.20 bits per heavy atom. The summed E-state index contributed by atoms with van der Waals surface area (Å²) in [6, 6.07) is 3.56. The van der Waals surface area contributed by atoms with Crippen LogP contribution in [-0.4, -0.2) is 24.4 Å². The number of aromatic nitrogens is 2. The standard InChI is InChI=1S/C14H18ClN3O2/c1-8-10(9(2)18-17-8)7-16-12-6-14(20-4)13(19-3)5-11(12)15/h5-6,16H,7H2,1-4H3,(H,17,18). The lowest BCUT2D eigenvalue weighted by Gasteiger charge is -2.13. The molecule has 0 spiro atoms. The largest absolute Gasteiger partial charge is 0.493 e.